The standard InChI is InChI=1S/C14H11Br2ClN2O/c1-7-4-8(17)2-3-10(7)14(20)19-13-11(15)5-9(18)6-12(13)16/h2-6H,18H2,1H3,(H,19,20). The third-order valence-corrected chi connectivity index (χ3v) is 4.22. The molecular formula is C14H11Br2ClN2O. The molecule has 0 atom stereocenters. The topological polar surface area (TPSA) is 55.1 Å². The Hall–Kier alpha value is -1.04. The minimum Gasteiger partial charge on any atom is -0.399 e. The van der Waals surface area contributed by atoms with Gasteiger partial charge in [0, 0.05) is 25.2 Å². The quantitative estimate of drug-likeness (QED) is 0.674. The SMILES string of the molecule is Cc1cc(Cl)ccc1C(=O)Nc1c(Br)cc(N)cc1Br. The molecular weight excluding hydrogens is 407 g/mol. The van der Waals surface area contributed by atoms with E-state index in [-0.39, 0.29) is 5.91 Å². The molecule has 0 fully saturated rings. The normalized spacial score (nSPS) is 10.4. The summed E-state index contributed by atoms with van der Waals surface area (Å²) in [6.45, 7) is 1.84. The van der Waals surface area contributed by atoms with E-state index in [4.69, 9.17) is 17.3 Å². The lowest BCUT2D eigenvalue weighted by Gasteiger charge is -2.12. The highest BCUT2D eigenvalue weighted by molar-refractivity contribution is 9.11. The van der Waals surface area contributed by atoms with Crippen LogP contribution in [0.25, 0.3) is 0 Å². The van der Waals surface area contributed by atoms with Crippen molar-refractivity contribution in [3.05, 3.63) is 55.4 Å². The maximum Gasteiger partial charge on any atom is 0.255 e. The molecule has 0 radical (unpaired) electrons. The molecule has 104 valence electrons. The zero-order valence-corrected chi connectivity index (χ0v) is 14.4. The number of anilines is 2. The number of halogens is 3. The number of amides is 1. The lowest BCUT2D eigenvalue weighted by Crippen LogP contribution is -2.14. The summed E-state index contributed by atoms with van der Waals surface area (Å²) in [5.41, 5.74) is 8.35. The van der Waals surface area contributed by atoms with Gasteiger partial charge in [0.2, 0.25) is 0 Å². The second-order valence-electron chi connectivity index (χ2n) is 4.27. The number of benzene rings is 2. The average molecular weight is 419 g/mol. The van der Waals surface area contributed by atoms with Crippen LogP contribution in [0.5, 0.6) is 0 Å². The molecule has 0 aromatic heterocycles. The number of aryl methyl sites for hydroxylation is 1. The fourth-order valence-corrected chi connectivity index (χ4v) is 3.42. The van der Waals surface area contributed by atoms with Crippen molar-refractivity contribution in [2.24, 2.45) is 0 Å². The molecule has 3 N–H and O–H groups in total. The number of nitrogens with one attached hydrogen (secondary N) is 1. The molecule has 6 heteroatoms. The highest BCUT2D eigenvalue weighted by Crippen LogP contribution is 2.33. The summed E-state index contributed by atoms with van der Waals surface area (Å²) in [4.78, 5) is 12.3. The van der Waals surface area contributed by atoms with Crippen LogP contribution in [0.3, 0.4) is 0 Å². The Morgan fingerprint density at radius 3 is 2.35 bits per heavy atom. The van der Waals surface area contributed by atoms with E-state index >= 15 is 0 Å². The lowest BCUT2D eigenvalue weighted by molar-refractivity contribution is 0.102. The molecule has 0 unspecified atom stereocenters. The van der Waals surface area contributed by atoms with Crippen LogP contribution in [0.15, 0.2) is 39.3 Å². The van der Waals surface area contributed by atoms with Gasteiger partial charge in [0.15, 0.2) is 0 Å². The molecule has 2 aromatic carbocycles. The molecule has 2 rings (SSSR count). The number of rotatable bonds is 2. The molecule has 0 aliphatic heterocycles. The predicted molar refractivity (Wildman–Crippen MR) is 90.4 cm³/mol. The van der Waals surface area contributed by atoms with Gasteiger partial charge in [0.05, 0.1) is 5.69 Å². The van der Waals surface area contributed by atoms with Crippen LogP contribution in [0.4, 0.5) is 11.4 Å². The second kappa shape index (κ2) is 6.16. The van der Waals surface area contributed by atoms with Crippen molar-refractivity contribution in [2.45, 2.75) is 6.92 Å². The van der Waals surface area contributed by atoms with E-state index < -0.39 is 0 Å². The van der Waals surface area contributed by atoms with E-state index in [1.54, 1.807) is 30.3 Å². The van der Waals surface area contributed by atoms with E-state index in [2.05, 4.69) is 37.2 Å². The first kappa shape index (κ1) is 15.4. The van der Waals surface area contributed by atoms with Crippen molar-refractivity contribution in [3.8, 4) is 0 Å². The molecule has 0 saturated carbocycles. The van der Waals surface area contributed by atoms with Gasteiger partial charge in [-0.2, -0.15) is 0 Å². The molecule has 0 aliphatic rings. The first-order valence-electron chi connectivity index (χ1n) is 5.70. The fourth-order valence-electron chi connectivity index (χ4n) is 1.77. The van der Waals surface area contributed by atoms with Crippen molar-refractivity contribution in [1.82, 2.24) is 0 Å². The summed E-state index contributed by atoms with van der Waals surface area (Å²) in [6, 6.07) is 8.61. The maximum atomic E-state index is 12.3. The Balaban J connectivity index is 2.33. The smallest absolute Gasteiger partial charge is 0.255 e. The minimum atomic E-state index is -0.203. The van der Waals surface area contributed by atoms with E-state index in [1.165, 1.54) is 0 Å². The molecule has 0 aliphatic carbocycles. The van der Waals surface area contributed by atoms with Gasteiger partial charge >= 0.3 is 0 Å². The molecule has 2 aromatic rings. The van der Waals surface area contributed by atoms with Crippen molar-refractivity contribution >= 4 is 60.7 Å². The maximum absolute atomic E-state index is 12.3. The van der Waals surface area contributed by atoms with Crippen molar-refractivity contribution in [2.75, 3.05) is 11.1 Å². The van der Waals surface area contributed by atoms with Gasteiger partial charge in [-0.05, 0) is 74.7 Å². The third-order valence-electron chi connectivity index (χ3n) is 2.74. The first-order chi connectivity index (χ1) is 9.38. The highest BCUT2D eigenvalue weighted by atomic mass is 79.9. The Bertz CT molecular complexity index is 666. The molecule has 0 saturated heterocycles. The second-order valence-corrected chi connectivity index (χ2v) is 6.42. The number of nitrogens with two attached hydrogens (primary N) is 1. The molecule has 3 nitrogen and oxygen atoms in total. The van der Waals surface area contributed by atoms with Crippen LogP contribution in [0, 0.1) is 6.92 Å². The number of carbonyl (C=O) groups is 1. The van der Waals surface area contributed by atoms with Gasteiger partial charge in [0.25, 0.3) is 5.91 Å². The number of nitrogen functional groups attached to an aromatic ring is 1. The predicted octanol–water partition coefficient (Wildman–Crippen LogP) is 5.01. The Labute approximate surface area is 138 Å². The van der Waals surface area contributed by atoms with Crippen LogP contribution in [-0.2, 0) is 0 Å². The Kier molecular flexibility index (Phi) is 4.73. The molecule has 0 bridgehead atoms. The van der Waals surface area contributed by atoms with E-state index in [1.807, 2.05) is 6.92 Å². The van der Waals surface area contributed by atoms with Crippen LogP contribution < -0.4 is 11.1 Å². The van der Waals surface area contributed by atoms with Gasteiger partial charge in [-0.3, -0.25) is 4.79 Å². The fraction of sp³-hybridized carbons (Fsp3) is 0.0714. The Morgan fingerprint density at radius 1 is 1.20 bits per heavy atom. The van der Waals surface area contributed by atoms with Crippen LogP contribution in [0.1, 0.15) is 15.9 Å². The molecule has 1 amide bonds. The van der Waals surface area contributed by atoms with Crippen LogP contribution in [-0.4, -0.2) is 5.91 Å². The van der Waals surface area contributed by atoms with Crippen molar-refractivity contribution < 1.29 is 4.79 Å². The van der Waals surface area contributed by atoms with Crippen LogP contribution in [0.2, 0.25) is 5.02 Å². The Morgan fingerprint density at radius 2 is 1.80 bits per heavy atom. The number of carbonyl (C=O) groups excluding carboxylic acids is 1. The molecule has 20 heavy (non-hydrogen) atoms. The summed E-state index contributed by atoms with van der Waals surface area (Å²) in [5, 5.41) is 3.46. The zero-order chi connectivity index (χ0) is 14.9. The summed E-state index contributed by atoms with van der Waals surface area (Å²) in [6.07, 6.45) is 0. The summed E-state index contributed by atoms with van der Waals surface area (Å²) >= 11 is 12.7. The summed E-state index contributed by atoms with van der Waals surface area (Å²) in [7, 11) is 0. The minimum absolute atomic E-state index is 0.203. The average Bonchev–Trinajstić information content (AvgIpc) is 2.33. The van der Waals surface area contributed by atoms with Gasteiger partial charge in [-0.1, -0.05) is 11.6 Å². The van der Waals surface area contributed by atoms with Gasteiger partial charge in [0.1, 0.15) is 0 Å². The number of hydrogen-bond donors (Lipinski definition) is 2. The van der Waals surface area contributed by atoms with Gasteiger partial charge in [-0.15, -0.1) is 0 Å². The zero-order valence-electron chi connectivity index (χ0n) is 10.5. The summed E-state index contributed by atoms with van der Waals surface area (Å²) in [5.74, 6) is -0.203. The third kappa shape index (κ3) is 3.34. The largest absolute Gasteiger partial charge is 0.399 e. The monoisotopic (exact) mass is 416 g/mol. The van der Waals surface area contributed by atoms with E-state index in [0.717, 1.165) is 5.56 Å². The molecule has 0 heterocycles. The van der Waals surface area contributed by atoms with E-state index in [9.17, 15) is 4.79 Å². The van der Waals surface area contributed by atoms with E-state index in [0.29, 0.717) is 30.9 Å². The number of hydrogen-bond acceptors (Lipinski definition) is 2. The van der Waals surface area contributed by atoms with Gasteiger partial charge < -0.3 is 11.1 Å². The highest BCUT2D eigenvalue weighted by Gasteiger charge is 2.14. The molecule has 0 spiro atoms. The van der Waals surface area contributed by atoms with Crippen molar-refractivity contribution in [3.63, 3.8) is 0 Å². The van der Waals surface area contributed by atoms with Crippen molar-refractivity contribution in [1.29, 1.82) is 0 Å². The lowest BCUT2D eigenvalue weighted by atomic mass is 10.1. The van der Waals surface area contributed by atoms with Crippen LogP contribution >= 0.6 is 43.5 Å². The van der Waals surface area contributed by atoms with Gasteiger partial charge in [-0.25, -0.2) is 0 Å². The first-order valence-corrected chi connectivity index (χ1v) is 7.67. The summed E-state index contributed by atoms with van der Waals surface area (Å²) < 4.78 is 1.42.